The minimum absolute atomic E-state index is 0.379. The van der Waals surface area contributed by atoms with Crippen LogP contribution in [0, 0.1) is 0 Å². The van der Waals surface area contributed by atoms with E-state index >= 15 is 0 Å². The maximum absolute atomic E-state index is 6.18. The quantitative estimate of drug-likeness (QED) is 0.413. The average molecular weight is 471 g/mol. The van der Waals surface area contributed by atoms with E-state index in [1.807, 2.05) is 12.1 Å². The average Bonchev–Trinajstić information content (AvgIpc) is 3.29. The van der Waals surface area contributed by atoms with Crippen molar-refractivity contribution in [1.29, 1.82) is 0 Å². The number of nitrogens with zero attached hydrogens (tertiary/aromatic N) is 5. The SMILES string of the molecule is Nc1ncnc2c1nc(Sc1cc(Cl)cc(Cl)c1)n2CCCN1Cc2ccccc2C1. The maximum atomic E-state index is 6.18. The van der Waals surface area contributed by atoms with Crippen molar-refractivity contribution in [1.82, 2.24) is 24.4 Å². The number of anilines is 1. The second kappa shape index (κ2) is 8.67. The molecule has 3 heterocycles. The lowest BCUT2D eigenvalue weighted by atomic mass is 10.1. The molecule has 6 nitrogen and oxygen atoms in total. The van der Waals surface area contributed by atoms with E-state index < -0.39 is 0 Å². The molecule has 0 saturated heterocycles. The van der Waals surface area contributed by atoms with Crippen molar-refractivity contribution >= 4 is 51.9 Å². The lowest BCUT2D eigenvalue weighted by Crippen LogP contribution is -2.19. The Morgan fingerprint density at radius 1 is 0.968 bits per heavy atom. The molecule has 2 N–H and O–H groups in total. The summed E-state index contributed by atoms with van der Waals surface area (Å²) in [5.74, 6) is 0.379. The number of aromatic nitrogens is 4. The Hall–Kier alpha value is -2.32. The molecule has 1 aliphatic rings. The molecule has 0 spiro atoms. The molecule has 4 aromatic rings. The lowest BCUT2D eigenvalue weighted by Gasteiger charge is -2.15. The van der Waals surface area contributed by atoms with E-state index in [2.05, 4.69) is 43.7 Å². The van der Waals surface area contributed by atoms with Gasteiger partial charge in [0.15, 0.2) is 22.1 Å². The fraction of sp³-hybridized carbons (Fsp3) is 0.227. The third-order valence-electron chi connectivity index (χ3n) is 5.33. The number of rotatable bonds is 6. The lowest BCUT2D eigenvalue weighted by molar-refractivity contribution is 0.273. The molecule has 0 amide bonds. The largest absolute Gasteiger partial charge is 0.382 e. The summed E-state index contributed by atoms with van der Waals surface area (Å²) in [6.45, 7) is 3.76. The maximum Gasteiger partial charge on any atom is 0.175 e. The van der Waals surface area contributed by atoms with Crippen LogP contribution >= 0.6 is 35.0 Å². The summed E-state index contributed by atoms with van der Waals surface area (Å²) in [6.07, 6.45) is 2.45. The van der Waals surface area contributed by atoms with Gasteiger partial charge in [-0.15, -0.1) is 0 Å². The predicted octanol–water partition coefficient (Wildman–Crippen LogP) is 5.27. The normalized spacial score (nSPS) is 13.7. The number of imidazole rings is 1. The first kappa shape index (κ1) is 20.6. The first-order chi connectivity index (χ1) is 15.1. The van der Waals surface area contributed by atoms with Gasteiger partial charge in [0, 0.05) is 41.1 Å². The molecule has 0 saturated carbocycles. The molecule has 0 unspecified atom stereocenters. The van der Waals surface area contributed by atoms with Crippen molar-refractivity contribution in [3.63, 3.8) is 0 Å². The van der Waals surface area contributed by atoms with Gasteiger partial charge in [-0.25, -0.2) is 15.0 Å². The van der Waals surface area contributed by atoms with Gasteiger partial charge < -0.3 is 10.3 Å². The highest BCUT2D eigenvalue weighted by Gasteiger charge is 2.19. The number of hydrogen-bond acceptors (Lipinski definition) is 6. The van der Waals surface area contributed by atoms with Crippen LogP contribution in [0.15, 0.2) is 58.8 Å². The number of fused-ring (bicyclic) bond motifs is 2. The third kappa shape index (κ3) is 4.36. The summed E-state index contributed by atoms with van der Waals surface area (Å²) < 4.78 is 2.11. The zero-order valence-corrected chi connectivity index (χ0v) is 19.0. The van der Waals surface area contributed by atoms with Gasteiger partial charge in [0.1, 0.15) is 6.33 Å². The molecule has 0 aliphatic carbocycles. The van der Waals surface area contributed by atoms with Crippen LogP contribution in [0.25, 0.3) is 11.2 Å². The fourth-order valence-corrected chi connectivity index (χ4v) is 5.58. The molecule has 2 aromatic heterocycles. The summed E-state index contributed by atoms with van der Waals surface area (Å²) in [5, 5.41) is 1.97. The van der Waals surface area contributed by atoms with Crippen LogP contribution in [0.1, 0.15) is 17.5 Å². The molecule has 0 fully saturated rings. The van der Waals surface area contributed by atoms with Crippen LogP contribution in [-0.4, -0.2) is 31.0 Å². The topological polar surface area (TPSA) is 72.9 Å². The van der Waals surface area contributed by atoms with Crippen molar-refractivity contribution in [2.45, 2.75) is 36.1 Å². The second-order valence-corrected chi connectivity index (χ2v) is 9.43. The van der Waals surface area contributed by atoms with Gasteiger partial charge in [-0.2, -0.15) is 0 Å². The number of nitrogen functional groups attached to an aromatic ring is 1. The highest BCUT2D eigenvalue weighted by Crippen LogP contribution is 2.34. The van der Waals surface area contributed by atoms with E-state index in [9.17, 15) is 0 Å². The Labute approximate surface area is 194 Å². The van der Waals surface area contributed by atoms with Gasteiger partial charge in [-0.3, -0.25) is 4.90 Å². The first-order valence-electron chi connectivity index (χ1n) is 9.96. The first-order valence-corrected chi connectivity index (χ1v) is 11.5. The van der Waals surface area contributed by atoms with E-state index in [-0.39, 0.29) is 0 Å². The van der Waals surface area contributed by atoms with Gasteiger partial charge in [-0.1, -0.05) is 59.2 Å². The Kier molecular flexibility index (Phi) is 5.75. The van der Waals surface area contributed by atoms with Crippen molar-refractivity contribution < 1.29 is 0 Å². The van der Waals surface area contributed by atoms with Crippen molar-refractivity contribution in [2.24, 2.45) is 0 Å². The van der Waals surface area contributed by atoms with Crippen LogP contribution in [0.2, 0.25) is 10.0 Å². The highest BCUT2D eigenvalue weighted by atomic mass is 35.5. The van der Waals surface area contributed by atoms with Crippen LogP contribution in [0.5, 0.6) is 0 Å². The summed E-state index contributed by atoms with van der Waals surface area (Å²) >= 11 is 13.9. The zero-order valence-electron chi connectivity index (χ0n) is 16.6. The molecule has 0 atom stereocenters. The molecule has 1 aliphatic heterocycles. The second-order valence-electron chi connectivity index (χ2n) is 7.52. The van der Waals surface area contributed by atoms with Gasteiger partial charge in [0.2, 0.25) is 0 Å². The highest BCUT2D eigenvalue weighted by molar-refractivity contribution is 7.99. The molecular weight excluding hydrogens is 451 g/mol. The Balaban J connectivity index is 1.37. The molecule has 9 heteroatoms. The molecule has 31 heavy (non-hydrogen) atoms. The van der Waals surface area contributed by atoms with E-state index in [1.165, 1.54) is 29.2 Å². The molecule has 5 rings (SSSR count). The minimum Gasteiger partial charge on any atom is -0.382 e. The Morgan fingerprint density at radius 3 is 2.39 bits per heavy atom. The Morgan fingerprint density at radius 2 is 1.68 bits per heavy atom. The zero-order chi connectivity index (χ0) is 21.4. The molecule has 2 aromatic carbocycles. The third-order valence-corrected chi connectivity index (χ3v) is 6.73. The van der Waals surface area contributed by atoms with Gasteiger partial charge in [0.05, 0.1) is 0 Å². The molecule has 0 bridgehead atoms. The Bertz CT molecular complexity index is 1210. The summed E-state index contributed by atoms with van der Waals surface area (Å²) in [5.41, 5.74) is 10.3. The van der Waals surface area contributed by atoms with E-state index in [4.69, 9.17) is 33.9 Å². The van der Waals surface area contributed by atoms with Crippen LogP contribution in [-0.2, 0) is 19.6 Å². The number of aryl methyl sites for hydroxylation is 1. The van der Waals surface area contributed by atoms with Crippen molar-refractivity contribution in [3.05, 3.63) is 70.0 Å². The van der Waals surface area contributed by atoms with E-state index in [0.717, 1.165) is 48.3 Å². The summed E-state index contributed by atoms with van der Waals surface area (Å²) in [6, 6.07) is 14.1. The van der Waals surface area contributed by atoms with Gasteiger partial charge >= 0.3 is 0 Å². The van der Waals surface area contributed by atoms with Crippen LogP contribution in [0.4, 0.5) is 5.82 Å². The van der Waals surface area contributed by atoms with Gasteiger partial charge in [0.25, 0.3) is 0 Å². The fourth-order valence-electron chi connectivity index (χ4n) is 3.92. The van der Waals surface area contributed by atoms with E-state index in [0.29, 0.717) is 21.4 Å². The van der Waals surface area contributed by atoms with E-state index in [1.54, 1.807) is 6.07 Å². The predicted molar refractivity (Wildman–Crippen MR) is 125 cm³/mol. The summed E-state index contributed by atoms with van der Waals surface area (Å²) in [4.78, 5) is 16.7. The summed E-state index contributed by atoms with van der Waals surface area (Å²) in [7, 11) is 0. The van der Waals surface area contributed by atoms with Crippen LogP contribution < -0.4 is 5.73 Å². The molecule has 158 valence electrons. The van der Waals surface area contributed by atoms with Crippen molar-refractivity contribution in [3.8, 4) is 0 Å². The number of halogens is 2. The monoisotopic (exact) mass is 470 g/mol. The number of hydrogen-bond donors (Lipinski definition) is 1. The number of nitrogens with two attached hydrogens (primary N) is 1. The van der Waals surface area contributed by atoms with Crippen molar-refractivity contribution in [2.75, 3.05) is 12.3 Å². The standard InChI is InChI=1S/C22H20Cl2N6S/c23-16-8-17(24)10-18(9-16)31-22-28-19-20(25)26-13-27-21(19)30(22)7-3-6-29-11-14-4-1-2-5-15(14)12-29/h1-2,4-5,8-10,13H,3,6-7,11-12H2,(H2,25,26,27). The van der Waals surface area contributed by atoms with Crippen LogP contribution in [0.3, 0.4) is 0 Å². The smallest absolute Gasteiger partial charge is 0.175 e. The van der Waals surface area contributed by atoms with Gasteiger partial charge in [-0.05, 0) is 35.7 Å². The molecule has 0 radical (unpaired) electrons. The molecular formula is C22H20Cl2N6S. The number of benzene rings is 2. The minimum atomic E-state index is 0.379.